The van der Waals surface area contributed by atoms with E-state index in [1.165, 1.54) is 18.2 Å². The molecule has 1 unspecified atom stereocenters. The summed E-state index contributed by atoms with van der Waals surface area (Å²) in [7, 11) is -3.14. The molecule has 1 saturated carbocycles. The molecule has 1 atom stereocenters. The fourth-order valence-corrected chi connectivity index (χ4v) is 5.55. The summed E-state index contributed by atoms with van der Waals surface area (Å²) in [5.74, 6) is -1.82. The zero-order valence-corrected chi connectivity index (χ0v) is 16.3. The van der Waals surface area contributed by atoms with E-state index in [1.807, 2.05) is 0 Å². The summed E-state index contributed by atoms with van der Waals surface area (Å²) >= 11 is 0. The Hall–Kier alpha value is -2.16. The van der Waals surface area contributed by atoms with Crippen LogP contribution in [-0.4, -0.2) is 62.0 Å². The number of amides is 1. The third-order valence-corrected chi connectivity index (χ3v) is 6.90. The molecule has 1 aliphatic carbocycles. The standard InChI is InChI=1S/C19H24FNO6S/c20-16-7-3-4-8-17(16)26-12-19(23)27-11-18(22)21(14-5-1-2-6-14)15-9-10-28(24,25)13-15/h3-4,7-8,14-15H,1-2,5-6,9-13H2. The van der Waals surface area contributed by atoms with Crippen LogP contribution in [0.15, 0.2) is 24.3 Å². The summed E-state index contributed by atoms with van der Waals surface area (Å²) in [5.41, 5.74) is 0. The van der Waals surface area contributed by atoms with Gasteiger partial charge in [-0.05, 0) is 31.4 Å². The van der Waals surface area contributed by atoms with Gasteiger partial charge in [0, 0.05) is 12.1 Å². The molecular formula is C19H24FNO6S. The Bertz CT molecular complexity index is 821. The highest BCUT2D eigenvalue weighted by atomic mass is 32.2. The van der Waals surface area contributed by atoms with Crippen LogP contribution in [0.4, 0.5) is 4.39 Å². The molecule has 3 rings (SSSR count). The van der Waals surface area contributed by atoms with Gasteiger partial charge in [-0.1, -0.05) is 25.0 Å². The van der Waals surface area contributed by atoms with E-state index in [0.29, 0.717) is 6.42 Å². The van der Waals surface area contributed by atoms with Gasteiger partial charge in [-0.2, -0.15) is 0 Å². The molecule has 1 amide bonds. The van der Waals surface area contributed by atoms with Gasteiger partial charge in [-0.15, -0.1) is 0 Å². The van der Waals surface area contributed by atoms with Gasteiger partial charge in [0.2, 0.25) is 0 Å². The first kappa shape index (κ1) is 20.6. The monoisotopic (exact) mass is 413 g/mol. The van der Waals surface area contributed by atoms with Gasteiger partial charge >= 0.3 is 5.97 Å². The topological polar surface area (TPSA) is 90.0 Å². The zero-order chi connectivity index (χ0) is 20.1. The molecule has 1 aromatic carbocycles. The number of esters is 1. The molecule has 28 heavy (non-hydrogen) atoms. The van der Waals surface area contributed by atoms with Crippen molar-refractivity contribution in [1.82, 2.24) is 4.90 Å². The minimum atomic E-state index is -3.14. The first-order chi connectivity index (χ1) is 13.4. The van der Waals surface area contributed by atoms with Crippen LogP contribution in [0.5, 0.6) is 5.75 Å². The Morgan fingerprint density at radius 3 is 2.43 bits per heavy atom. The summed E-state index contributed by atoms with van der Waals surface area (Å²) in [6.07, 6.45) is 4.04. The van der Waals surface area contributed by atoms with E-state index in [1.54, 1.807) is 11.0 Å². The van der Waals surface area contributed by atoms with E-state index in [0.717, 1.165) is 25.7 Å². The number of carbonyl (C=O) groups is 2. The molecule has 0 radical (unpaired) electrons. The third-order valence-electron chi connectivity index (χ3n) is 5.15. The van der Waals surface area contributed by atoms with Gasteiger partial charge in [0.15, 0.2) is 34.6 Å². The Morgan fingerprint density at radius 2 is 1.79 bits per heavy atom. The average Bonchev–Trinajstić information content (AvgIpc) is 3.29. The quantitative estimate of drug-likeness (QED) is 0.632. The lowest BCUT2D eigenvalue weighted by Crippen LogP contribution is -2.48. The number of sulfone groups is 1. The highest BCUT2D eigenvalue weighted by Gasteiger charge is 2.39. The molecule has 0 bridgehead atoms. The summed E-state index contributed by atoms with van der Waals surface area (Å²) < 4.78 is 47.2. The number of ether oxygens (including phenoxy) is 2. The molecule has 2 fully saturated rings. The minimum Gasteiger partial charge on any atom is -0.479 e. The van der Waals surface area contributed by atoms with Crippen molar-refractivity contribution in [3.63, 3.8) is 0 Å². The molecular weight excluding hydrogens is 389 g/mol. The van der Waals surface area contributed by atoms with Gasteiger partial charge in [-0.25, -0.2) is 17.6 Å². The van der Waals surface area contributed by atoms with E-state index < -0.39 is 40.7 Å². The second-order valence-corrected chi connectivity index (χ2v) is 9.40. The van der Waals surface area contributed by atoms with E-state index in [2.05, 4.69) is 0 Å². The Labute approximate surface area is 163 Å². The largest absolute Gasteiger partial charge is 0.479 e. The van der Waals surface area contributed by atoms with Crippen LogP contribution < -0.4 is 4.74 Å². The van der Waals surface area contributed by atoms with Gasteiger partial charge in [-0.3, -0.25) is 4.79 Å². The van der Waals surface area contributed by atoms with Crippen LogP contribution in [0.3, 0.4) is 0 Å². The van der Waals surface area contributed by atoms with Crippen LogP contribution in [0.2, 0.25) is 0 Å². The van der Waals surface area contributed by atoms with Crippen molar-refractivity contribution in [3.05, 3.63) is 30.1 Å². The minimum absolute atomic E-state index is 0.0147. The predicted molar refractivity (Wildman–Crippen MR) is 99.0 cm³/mol. The van der Waals surface area contributed by atoms with Crippen molar-refractivity contribution < 1.29 is 31.9 Å². The lowest BCUT2D eigenvalue weighted by molar-refractivity contribution is -0.155. The van der Waals surface area contributed by atoms with Gasteiger partial charge in [0.05, 0.1) is 11.5 Å². The molecule has 154 valence electrons. The molecule has 0 N–H and O–H groups in total. The molecule has 2 aliphatic rings. The number of carbonyl (C=O) groups excluding carboxylic acids is 2. The second kappa shape index (κ2) is 8.89. The lowest BCUT2D eigenvalue weighted by atomic mass is 10.1. The highest BCUT2D eigenvalue weighted by Crippen LogP contribution is 2.29. The first-order valence-corrected chi connectivity index (χ1v) is 11.2. The van der Waals surface area contributed by atoms with Gasteiger partial charge < -0.3 is 14.4 Å². The molecule has 1 aliphatic heterocycles. The van der Waals surface area contributed by atoms with Crippen molar-refractivity contribution in [3.8, 4) is 5.75 Å². The van der Waals surface area contributed by atoms with Crippen LogP contribution in [-0.2, 0) is 24.2 Å². The van der Waals surface area contributed by atoms with E-state index in [9.17, 15) is 22.4 Å². The van der Waals surface area contributed by atoms with Crippen molar-refractivity contribution in [2.45, 2.75) is 44.2 Å². The first-order valence-electron chi connectivity index (χ1n) is 9.40. The van der Waals surface area contributed by atoms with Crippen LogP contribution in [0, 0.1) is 5.82 Å². The molecule has 0 aromatic heterocycles. The van der Waals surface area contributed by atoms with Crippen molar-refractivity contribution >= 4 is 21.7 Å². The molecule has 1 saturated heterocycles. The summed E-state index contributed by atoms with van der Waals surface area (Å²) in [4.78, 5) is 26.2. The normalized spacial score (nSPS) is 21.4. The predicted octanol–water partition coefficient (Wildman–Crippen LogP) is 1.71. The van der Waals surface area contributed by atoms with Crippen molar-refractivity contribution in [1.29, 1.82) is 0 Å². The molecule has 7 nitrogen and oxygen atoms in total. The second-order valence-electron chi connectivity index (χ2n) is 7.18. The smallest absolute Gasteiger partial charge is 0.344 e. The Balaban J connectivity index is 1.54. The number of nitrogens with zero attached hydrogens (tertiary/aromatic N) is 1. The van der Waals surface area contributed by atoms with Gasteiger partial charge in [0.25, 0.3) is 5.91 Å². The van der Waals surface area contributed by atoms with E-state index in [-0.39, 0.29) is 29.3 Å². The Kier molecular flexibility index (Phi) is 6.53. The number of halogens is 1. The Morgan fingerprint density at radius 1 is 1.07 bits per heavy atom. The van der Waals surface area contributed by atoms with Crippen LogP contribution in [0.1, 0.15) is 32.1 Å². The summed E-state index contributed by atoms with van der Waals surface area (Å²) in [5, 5.41) is 0. The fourth-order valence-electron chi connectivity index (χ4n) is 3.84. The van der Waals surface area contributed by atoms with Gasteiger partial charge in [0.1, 0.15) is 0 Å². The number of benzene rings is 1. The molecule has 1 heterocycles. The van der Waals surface area contributed by atoms with E-state index >= 15 is 0 Å². The number of para-hydroxylation sites is 1. The van der Waals surface area contributed by atoms with Crippen LogP contribution >= 0.6 is 0 Å². The maximum Gasteiger partial charge on any atom is 0.344 e. The third kappa shape index (κ3) is 5.21. The molecule has 0 spiro atoms. The lowest BCUT2D eigenvalue weighted by Gasteiger charge is -2.33. The van der Waals surface area contributed by atoms with Crippen molar-refractivity contribution in [2.24, 2.45) is 0 Å². The average molecular weight is 413 g/mol. The maximum absolute atomic E-state index is 13.5. The number of rotatable bonds is 7. The fraction of sp³-hybridized carbons (Fsp3) is 0.579. The van der Waals surface area contributed by atoms with Crippen molar-refractivity contribution in [2.75, 3.05) is 24.7 Å². The van der Waals surface area contributed by atoms with Crippen LogP contribution in [0.25, 0.3) is 0 Å². The SMILES string of the molecule is O=C(COc1ccccc1F)OCC(=O)N(C1CCCC1)C1CCS(=O)(=O)C1. The summed E-state index contributed by atoms with van der Waals surface area (Å²) in [6, 6.07) is 5.28. The van der Waals surface area contributed by atoms with E-state index in [4.69, 9.17) is 9.47 Å². The highest BCUT2D eigenvalue weighted by molar-refractivity contribution is 7.91. The molecule has 1 aromatic rings. The number of hydrogen-bond acceptors (Lipinski definition) is 6. The maximum atomic E-state index is 13.5. The molecule has 9 heteroatoms. The zero-order valence-electron chi connectivity index (χ0n) is 15.5. The number of hydrogen-bond donors (Lipinski definition) is 0. The summed E-state index contributed by atoms with van der Waals surface area (Å²) in [6.45, 7) is -0.998.